The third-order valence-electron chi connectivity index (χ3n) is 6.19. The number of hydrogen-bond acceptors (Lipinski definition) is 6. The third kappa shape index (κ3) is 9.14. The Hall–Kier alpha value is -2.39. The van der Waals surface area contributed by atoms with Crippen molar-refractivity contribution >= 4 is 17.7 Å². The van der Waals surface area contributed by atoms with Crippen LogP contribution in [-0.4, -0.2) is 69.6 Å². The first-order chi connectivity index (χ1) is 17.3. The fraction of sp³-hybridized carbons (Fsp3) is 0.536. The third-order valence-corrected chi connectivity index (χ3v) is 6.45. The molecule has 1 saturated heterocycles. The first-order valence-electron chi connectivity index (χ1n) is 12.6. The molecule has 1 aliphatic rings. The Morgan fingerprint density at radius 1 is 1.14 bits per heavy atom. The van der Waals surface area contributed by atoms with Crippen LogP contribution in [0.15, 0.2) is 42.5 Å². The molecule has 0 aliphatic carbocycles. The summed E-state index contributed by atoms with van der Waals surface area (Å²) < 4.78 is 25.1. The lowest BCUT2D eigenvalue weighted by Gasteiger charge is -2.41. The summed E-state index contributed by atoms with van der Waals surface area (Å²) in [5.41, 5.74) is -0.554. The van der Waals surface area contributed by atoms with E-state index in [-0.39, 0.29) is 31.5 Å². The number of benzene rings is 2. The van der Waals surface area contributed by atoms with Crippen LogP contribution in [0.4, 0.5) is 9.18 Å². The molecule has 0 saturated carbocycles. The highest BCUT2D eigenvalue weighted by molar-refractivity contribution is 6.30. The van der Waals surface area contributed by atoms with Gasteiger partial charge in [-0.05, 0) is 64.3 Å². The van der Waals surface area contributed by atoms with Gasteiger partial charge >= 0.3 is 6.09 Å². The maximum atomic E-state index is 13.7. The van der Waals surface area contributed by atoms with Crippen molar-refractivity contribution in [3.05, 3.63) is 64.4 Å². The smallest absolute Gasteiger partial charge is 0.410 e. The first kappa shape index (κ1) is 29.2. The lowest BCUT2D eigenvalue weighted by atomic mass is 10.00. The number of aliphatic hydroxyl groups excluding tert-OH is 1. The summed E-state index contributed by atoms with van der Waals surface area (Å²) in [7, 11) is 0. The molecule has 1 fully saturated rings. The summed E-state index contributed by atoms with van der Waals surface area (Å²) in [5.74, 6) is -0.352. The summed E-state index contributed by atoms with van der Waals surface area (Å²) in [5, 5.41) is 21.4. The number of halogens is 2. The Balaban J connectivity index is 1.67. The number of nitrogens with zero attached hydrogens (tertiary/aromatic N) is 2. The standard InChI is InChI=1S/C28H38ClFN2O5/c1-27(2,3)37-26(34)32(18-28(4,35)19-36-25-15-23(30)10-7-21(25)17-33)24-11-13-31(14-12-24)16-20-5-8-22(29)9-6-20/h5-10,15,24,33,35H,11-14,16-19H2,1-4H3. The van der Waals surface area contributed by atoms with Crippen molar-refractivity contribution in [3.63, 3.8) is 0 Å². The van der Waals surface area contributed by atoms with E-state index in [2.05, 4.69) is 4.90 Å². The predicted octanol–water partition coefficient (Wildman–Crippen LogP) is 5.00. The van der Waals surface area contributed by atoms with E-state index in [0.29, 0.717) is 10.6 Å². The Bertz CT molecular complexity index is 1030. The van der Waals surface area contributed by atoms with Crippen LogP contribution in [-0.2, 0) is 17.9 Å². The van der Waals surface area contributed by atoms with Crippen LogP contribution in [0.2, 0.25) is 5.02 Å². The molecular formula is C28H38ClFN2O5. The highest BCUT2D eigenvalue weighted by Crippen LogP contribution is 2.25. The number of rotatable bonds is 9. The van der Waals surface area contributed by atoms with Gasteiger partial charge in [-0.2, -0.15) is 0 Å². The van der Waals surface area contributed by atoms with Crippen molar-refractivity contribution in [2.45, 2.75) is 70.9 Å². The maximum Gasteiger partial charge on any atom is 0.410 e. The van der Waals surface area contributed by atoms with Crippen molar-refractivity contribution in [1.29, 1.82) is 0 Å². The Morgan fingerprint density at radius 3 is 2.38 bits per heavy atom. The quantitative estimate of drug-likeness (QED) is 0.469. The number of aliphatic hydroxyl groups is 2. The summed E-state index contributed by atoms with van der Waals surface area (Å²) in [6, 6.07) is 11.5. The monoisotopic (exact) mass is 536 g/mol. The van der Waals surface area contributed by atoms with Gasteiger partial charge in [0, 0.05) is 42.3 Å². The number of piperidine rings is 1. The fourth-order valence-corrected chi connectivity index (χ4v) is 4.47. The van der Waals surface area contributed by atoms with Gasteiger partial charge in [0.15, 0.2) is 0 Å². The maximum absolute atomic E-state index is 13.7. The van der Waals surface area contributed by atoms with Gasteiger partial charge < -0.3 is 24.6 Å². The average molecular weight is 537 g/mol. The largest absolute Gasteiger partial charge is 0.490 e. The van der Waals surface area contributed by atoms with E-state index >= 15 is 0 Å². The number of carbonyl (C=O) groups is 1. The van der Waals surface area contributed by atoms with Crippen LogP contribution in [0.3, 0.4) is 0 Å². The van der Waals surface area contributed by atoms with Gasteiger partial charge in [0.1, 0.15) is 29.4 Å². The molecule has 37 heavy (non-hydrogen) atoms. The second-order valence-corrected chi connectivity index (χ2v) is 11.4. The van der Waals surface area contributed by atoms with E-state index < -0.39 is 23.1 Å². The Kier molecular flexibility index (Phi) is 9.80. The minimum absolute atomic E-state index is 0.0203. The molecule has 0 bridgehead atoms. The zero-order chi connectivity index (χ0) is 27.2. The SMILES string of the molecule is CC(O)(COc1cc(F)ccc1CO)CN(C(=O)OC(C)(C)C)C1CCN(Cc2ccc(Cl)cc2)CC1. The fourth-order valence-electron chi connectivity index (χ4n) is 4.34. The Labute approximate surface area is 223 Å². The lowest BCUT2D eigenvalue weighted by Crippen LogP contribution is -2.55. The number of carbonyl (C=O) groups excluding carboxylic acids is 1. The molecule has 7 nitrogen and oxygen atoms in total. The van der Waals surface area contributed by atoms with Crippen LogP contribution in [0, 0.1) is 5.82 Å². The van der Waals surface area contributed by atoms with Gasteiger partial charge in [-0.1, -0.05) is 29.8 Å². The second kappa shape index (κ2) is 12.4. The number of likely N-dealkylation sites (tertiary alicyclic amines) is 1. The van der Waals surface area contributed by atoms with Gasteiger partial charge in [-0.15, -0.1) is 0 Å². The van der Waals surface area contributed by atoms with Crippen LogP contribution < -0.4 is 4.74 Å². The van der Waals surface area contributed by atoms with Crippen molar-refractivity contribution in [2.24, 2.45) is 0 Å². The molecule has 0 spiro atoms. The van der Waals surface area contributed by atoms with Gasteiger partial charge in [-0.25, -0.2) is 9.18 Å². The van der Waals surface area contributed by atoms with Gasteiger partial charge in [0.2, 0.25) is 0 Å². The summed E-state index contributed by atoms with van der Waals surface area (Å²) >= 11 is 6.00. The molecule has 0 radical (unpaired) electrons. The molecule has 9 heteroatoms. The van der Waals surface area contributed by atoms with Gasteiger partial charge in [0.05, 0.1) is 13.2 Å². The summed E-state index contributed by atoms with van der Waals surface area (Å²) in [6.45, 7) is 8.81. The summed E-state index contributed by atoms with van der Waals surface area (Å²) in [6.07, 6.45) is 0.954. The van der Waals surface area contributed by atoms with Crippen molar-refractivity contribution < 1.29 is 28.9 Å². The molecule has 2 aromatic rings. The van der Waals surface area contributed by atoms with E-state index in [0.717, 1.165) is 32.5 Å². The van der Waals surface area contributed by atoms with E-state index in [1.807, 2.05) is 24.3 Å². The normalized spacial score (nSPS) is 16.8. The highest BCUT2D eigenvalue weighted by atomic mass is 35.5. The predicted molar refractivity (Wildman–Crippen MR) is 141 cm³/mol. The summed E-state index contributed by atoms with van der Waals surface area (Å²) in [4.78, 5) is 17.1. The molecule has 2 aromatic carbocycles. The second-order valence-electron chi connectivity index (χ2n) is 10.9. The number of ether oxygens (including phenoxy) is 2. The van der Waals surface area contributed by atoms with Crippen LogP contribution in [0.25, 0.3) is 0 Å². The zero-order valence-electron chi connectivity index (χ0n) is 22.0. The van der Waals surface area contributed by atoms with Crippen LogP contribution >= 0.6 is 11.6 Å². The van der Waals surface area contributed by atoms with Crippen LogP contribution in [0.5, 0.6) is 5.75 Å². The molecule has 1 aliphatic heterocycles. The van der Waals surface area contributed by atoms with Gasteiger partial charge in [-0.3, -0.25) is 4.90 Å². The van der Waals surface area contributed by atoms with Crippen molar-refractivity contribution in [3.8, 4) is 5.75 Å². The lowest BCUT2D eigenvalue weighted by molar-refractivity contribution is -0.0459. The average Bonchev–Trinajstić information content (AvgIpc) is 2.82. The zero-order valence-corrected chi connectivity index (χ0v) is 22.8. The Morgan fingerprint density at radius 2 is 1.78 bits per heavy atom. The topological polar surface area (TPSA) is 82.5 Å². The first-order valence-corrected chi connectivity index (χ1v) is 12.9. The number of hydrogen-bond donors (Lipinski definition) is 2. The molecule has 0 aromatic heterocycles. The molecular weight excluding hydrogens is 499 g/mol. The molecule has 1 unspecified atom stereocenters. The van der Waals surface area contributed by atoms with E-state index in [1.54, 1.807) is 32.6 Å². The van der Waals surface area contributed by atoms with E-state index in [4.69, 9.17) is 21.1 Å². The van der Waals surface area contributed by atoms with Gasteiger partial charge in [0.25, 0.3) is 0 Å². The molecule has 1 atom stereocenters. The molecule has 3 rings (SSSR count). The molecule has 1 amide bonds. The van der Waals surface area contributed by atoms with E-state index in [9.17, 15) is 19.4 Å². The van der Waals surface area contributed by atoms with Crippen molar-refractivity contribution in [2.75, 3.05) is 26.2 Å². The highest BCUT2D eigenvalue weighted by Gasteiger charge is 2.36. The molecule has 1 heterocycles. The minimum Gasteiger partial charge on any atom is -0.490 e. The van der Waals surface area contributed by atoms with Crippen LogP contribution in [0.1, 0.15) is 51.7 Å². The minimum atomic E-state index is -1.45. The molecule has 204 valence electrons. The molecule has 2 N–H and O–H groups in total. The van der Waals surface area contributed by atoms with E-state index in [1.165, 1.54) is 23.8 Å². The van der Waals surface area contributed by atoms with Crippen molar-refractivity contribution in [1.82, 2.24) is 9.80 Å². The number of amides is 1.